The first-order valence-corrected chi connectivity index (χ1v) is 5.73. The van der Waals surface area contributed by atoms with Gasteiger partial charge in [0.05, 0.1) is 5.41 Å². The minimum Gasteiger partial charge on any atom is -0.369 e. The average Bonchev–Trinajstić information content (AvgIpc) is 2.26. The van der Waals surface area contributed by atoms with E-state index in [1.807, 2.05) is 0 Å². The molecular formula is C13H18F2N2O. The van der Waals surface area contributed by atoms with E-state index in [9.17, 15) is 13.6 Å². The van der Waals surface area contributed by atoms with Crippen molar-refractivity contribution >= 4 is 5.91 Å². The molecule has 0 saturated heterocycles. The lowest BCUT2D eigenvalue weighted by molar-refractivity contribution is -0.125. The van der Waals surface area contributed by atoms with Gasteiger partial charge in [-0.25, -0.2) is 8.78 Å². The maximum atomic E-state index is 13.5. The summed E-state index contributed by atoms with van der Waals surface area (Å²) in [7, 11) is 0. The summed E-state index contributed by atoms with van der Waals surface area (Å²) in [5.74, 6) is -1.67. The number of carbonyl (C=O) groups excluding carboxylic acids is 1. The first-order valence-electron chi connectivity index (χ1n) is 5.73. The van der Waals surface area contributed by atoms with Gasteiger partial charge in [0.1, 0.15) is 11.6 Å². The van der Waals surface area contributed by atoms with Crippen LogP contribution in [0.2, 0.25) is 0 Å². The topological polar surface area (TPSA) is 55.1 Å². The van der Waals surface area contributed by atoms with Crippen LogP contribution in [0.1, 0.15) is 32.4 Å². The summed E-state index contributed by atoms with van der Waals surface area (Å²) in [6, 6.07) is 3.18. The molecule has 3 nitrogen and oxygen atoms in total. The Labute approximate surface area is 105 Å². The molecule has 5 heteroatoms. The van der Waals surface area contributed by atoms with Crippen molar-refractivity contribution in [2.45, 2.75) is 26.8 Å². The highest BCUT2D eigenvalue weighted by molar-refractivity contribution is 5.80. The van der Waals surface area contributed by atoms with Crippen molar-refractivity contribution < 1.29 is 13.6 Å². The van der Waals surface area contributed by atoms with E-state index in [0.29, 0.717) is 0 Å². The quantitative estimate of drug-likeness (QED) is 0.848. The van der Waals surface area contributed by atoms with E-state index in [1.165, 1.54) is 18.2 Å². The Bertz CT molecular complexity index is 426. The highest BCUT2D eigenvalue weighted by Crippen LogP contribution is 2.22. The second-order valence-corrected chi connectivity index (χ2v) is 4.99. The third-order valence-corrected chi connectivity index (χ3v) is 2.95. The van der Waals surface area contributed by atoms with Gasteiger partial charge in [-0.05, 0) is 32.9 Å². The molecule has 1 amide bonds. The number of hydrogen-bond acceptors (Lipinski definition) is 2. The smallest absolute Gasteiger partial charge is 0.224 e. The Kier molecular flexibility index (Phi) is 4.40. The molecule has 100 valence electrons. The van der Waals surface area contributed by atoms with Crippen LogP contribution in [0.25, 0.3) is 0 Å². The maximum Gasteiger partial charge on any atom is 0.224 e. The van der Waals surface area contributed by atoms with Gasteiger partial charge in [0, 0.05) is 18.2 Å². The van der Waals surface area contributed by atoms with Crippen molar-refractivity contribution in [2.75, 3.05) is 6.54 Å². The van der Waals surface area contributed by atoms with Gasteiger partial charge in [-0.3, -0.25) is 4.79 Å². The molecule has 1 aromatic rings. The monoisotopic (exact) mass is 256 g/mol. The Hall–Kier alpha value is -1.49. The molecule has 0 bridgehead atoms. The molecule has 0 heterocycles. The summed E-state index contributed by atoms with van der Waals surface area (Å²) in [4.78, 5) is 11.1. The zero-order valence-electron chi connectivity index (χ0n) is 10.8. The SMILES string of the molecule is CC(NCC(C)(C)C(N)=O)c1c(F)cccc1F. The fourth-order valence-corrected chi connectivity index (χ4v) is 1.52. The summed E-state index contributed by atoms with van der Waals surface area (Å²) in [5.41, 5.74) is 4.43. The van der Waals surface area contributed by atoms with Gasteiger partial charge in [0.25, 0.3) is 0 Å². The van der Waals surface area contributed by atoms with Crippen LogP contribution in [0, 0.1) is 17.0 Å². The number of amides is 1. The lowest BCUT2D eigenvalue weighted by Gasteiger charge is -2.24. The van der Waals surface area contributed by atoms with Crippen LogP contribution in [-0.4, -0.2) is 12.5 Å². The number of nitrogens with two attached hydrogens (primary N) is 1. The molecule has 1 atom stereocenters. The summed E-state index contributed by atoms with van der Waals surface area (Å²) in [6.07, 6.45) is 0. The van der Waals surface area contributed by atoms with Crippen LogP contribution in [0.5, 0.6) is 0 Å². The zero-order chi connectivity index (χ0) is 13.9. The molecule has 1 unspecified atom stereocenters. The lowest BCUT2D eigenvalue weighted by Crippen LogP contribution is -2.41. The van der Waals surface area contributed by atoms with E-state index in [4.69, 9.17) is 5.73 Å². The van der Waals surface area contributed by atoms with Gasteiger partial charge in [0.15, 0.2) is 0 Å². The molecule has 1 aromatic carbocycles. The fraction of sp³-hybridized carbons (Fsp3) is 0.462. The number of hydrogen-bond donors (Lipinski definition) is 2. The molecule has 1 rings (SSSR count). The van der Waals surface area contributed by atoms with Crippen LogP contribution >= 0.6 is 0 Å². The molecule has 0 spiro atoms. The van der Waals surface area contributed by atoms with Crippen LogP contribution in [-0.2, 0) is 4.79 Å². The molecule has 3 N–H and O–H groups in total. The molecule has 0 aliphatic heterocycles. The van der Waals surface area contributed by atoms with E-state index in [0.717, 1.165) is 0 Å². The third-order valence-electron chi connectivity index (χ3n) is 2.95. The number of rotatable bonds is 5. The molecule has 0 saturated carbocycles. The van der Waals surface area contributed by atoms with Crippen LogP contribution in [0.4, 0.5) is 8.78 Å². The van der Waals surface area contributed by atoms with Gasteiger partial charge in [0.2, 0.25) is 5.91 Å². The van der Waals surface area contributed by atoms with Gasteiger partial charge >= 0.3 is 0 Å². The van der Waals surface area contributed by atoms with Crippen molar-refractivity contribution in [3.05, 3.63) is 35.4 Å². The fourth-order valence-electron chi connectivity index (χ4n) is 1.52. The minimum atomic E-state index is -0.768. The van der Waals surface area contributed by atoms with Gasteiger partial charge in [-0.1, -0.05) is 6.07 Å². The standard InChI is InChI=1S/C13H18F2N2O/c1-8(17-7-13(2,3)12(16)18)11-9(14)5-4-6-10(11)15/h4-6,8,17H,7H2,1-3H3,(H2,16,18). The van der Waals surface area contributed by atoms with Gasteiger partial charge in [-0.2, -0.15) is 0 Å². The molecule has 0 aromatic heterocycles. The van der Waals surface area contributed by atoms with Crippen molar-refractivity contribution in [3.63, 3.8) is 0 Å². The van der Waals surface area contributed by atoms with E-state index < -0.39 is 29.0 Å². The first-order chi connectivity index (χ1) is 8.25. The lowest BCUT2D eigenvalue weighted by atomic mass is 9.92. The molecule has 0 aliphatic carbocycles. The Morgan fingerprint density at radius 2 is 1.89 bits per heavy atom. The highest BCUT2D eigenvalue weighted by atomic mass is 19.1. The van der Waals surface area contributed by atoms with Crippen LogP contribution in [0.3, 0.4) is 0 Å². The van der Waals surface area contributed by atoms with E-state index in [-0.39, 0.29) is 12.1 Å². The largest absolute Gasteiger partial charge is 0.369 e. The van der Waals surface area contributed by atoms with Crippen LogP contribution < -0.4 is 11.1 Å². The number of primary amides is 1. The molecule has 0 aliphatic rings. The van der Waals surface area contributed by atoms with E-state index in [1.54, 1.807) is 20.8 Å². The van der Waals surface area contributed by atoms with Crippen LogP contribution in [0.15, 0.2) is 18.2 Å². The molecule has 0 radical (unpaired) electrons. The summed E-state index contributed by atoms with van der Waals surface area (Å²) < 4.78 is 27.0. The Morgan fingerprint density at radius 3 is 2.33 bits per heavy atom. The number of carbonyl (C=O) groups is 1. The van der Waals surface area contributed by atoms with Crippen molar-refractivity contribution in [3.8, 4) is 0 Å². The Morgan fingerprint density at radius 1 is 1.39 bits per heavy atom. The molecular weight excluding hydrogens is 238 g/mol. The first kappa shape index (κ1) is 14.6. The number of nitrogens with one attached hydrogen (secondary N) is 1. The normalized spacial score (nSPS) is 13.4. The highest BCUT2D eigenvalue weighted by Gasteiger charge is 2.26. The number of benzene rings is 1. The van der Waals surface area contributed by atoms with Crippen molar-refractivity contribution in [2.24, 2.45) is 11.1 Å². The summed E-state index contributed by atoms with van der Waals surface area (Å²) in [5, 5.41) is 2.92. The number of halogens is 2. The maximum absolute atomic E-state index is 13.5. The third kappa shape index (κ3) is 3.26. The zero-order valence-corrected chi connectivity index (χ0v) is 10.8. The molecule has 0 fully saturated rings. The van der Waals surface area contributed by atoms with E-state index >= 15 is 0 Å². The predicted molar refractivity (Wildman–Crippen MR) is 65.8 cm³/mol. The summed E-state index contributed by atoms with van der Waals surface area (Å²) >= 11 is 0. The van der Waals surface area contributed by atoms with Gasteiger partial charge in [-0.15, -0.1) is 0 Å². The summed E-state index contributed by atoms with van der Waals surface area (Å²) in [6.45, 7) is 5.23. The minimum absolute atomic E-state index is 0.0298. The second kappa shape index (κ2) is 5.44. The second-order valence-electron chi connectivity index (χ2n) is 4.99. The average molecular weight is 256 g/mol. The van der Waals surface area contributed by atoms with E-state index in [2.05, 4.69) is 5.32 Å². The van der Waals surface area contributed by atoms with Crippen molar-refractivity contribution in [1.82, 2.24) is 5.32 Å². The molecule has 18 heavy (non-hydrogen) atoms. The Balaban J connectivity index is 2.78. The van der Waals surface area contributed by atoms with Crippen molar-refractivity contribution in [1.29, 1.82) is 0 Å². The predicted octanol–water partition coefficient (Wildman–Crippen LogP) is 2.13. The van der Waals surface area contributed by atoms with Gasteiger partial charge < -0.3 is 11.1 Å².